The van der Waals surface area contributed by atoms with Crippen molar-refractivity contribution < 1.29 is 14.0 Å². The number of amides is 1. The molecule has 1 fully saturated rings. The molecule has 1 unspecified atom stereocenters. The predicted molar refractivity (Wildman–Crippen MR) is 53.2 cm³/mol. The van der Waals surface area contributed by atoms with Crippen molar-refractivity contribution in [3.63, 3.8) is 0 Å². The van der Waals surface area contributed by atoms with Crippen LogP contribution in [0.5, 0.6) is 0 Å². The van der Waals surface area contributed by atoms with Gasteiger partial charge < -0.3 is 9.32 Å². The highest BCUT2D eigenvalue weighted by Crippen LogP contribution is 2.14. The van der Waals surface area contributed by atoms with Crippen molar-refractivity contribution in [3.8, 4) is 0 Å². The molecule has 80 valence electrons. The van der Waals surface area contributed by atoms with Crippen molar-refractivity contribution in [2.75, 3.05) is 6.54 Å². The lowest BCUT2D eigenvalue weighted by molar-refractivity contribution is -0.141. The highest BCUT2D eigenvalue weighted by molar-refractivity contribution is 6.37. The van der Waals surface area contributed by atoms with Crippen LogP contribution in [-0.2, 0) is 16.0 Å². The third-order valence-corrected chi connectivity index (χ3v) is 2.69. The summed E-state index contributed by atoms with van der Waals surface area (Å²) in [5, 5.41) is 0. The molecular formula is C11H13NO3. The molecule has 1 aliphatic heterocycles. The molecule has 0 radical (unpaired) electrons. The van der Waals surface area contributed by atoms with Gasteiger partial charge in [-0.1, -0.05) is 0 Å². The average molecular weight is 207 g/mol. The monoisotopic (exact) mass is 207 g/mol. The van der Waals surface area contributed by atoms with Crippen molar-refractivity contribution in [3.05, 3.63) is 24.2 Å². The first-order valence-corrected chi connectivity index (χ1v) is 5.04. The summed E-state index contributed by atoms with van der Waals surface area (Å²) in [6.07, 6.45) is 2.62. The van der Waals surface area contributed by atoms with Gasteiger partial charge in [0.15, 0.2) is 0 Å². The standard InChI is InChI=1S/C11H13NO3/c1-8(7-9-3-2-6-15-9)12-5-4-10(13)11(12)14/h2-3,6,8H,4-5,7H2,1H3. The Bertz CT molecular complexity index is 369. The van der Waals surface area contributed by atoms with Crippen molar-refractivity contribution in [2.24, 2.45) is 0 Å². The van der Waals surface area contributed by atoms with Gasteiger partial charge >= 0.3 is 0 Å². The van der Waals surface area contributed by atoms with Gasteiger partial charge in [0.2, 0.25) is 5.78 Å². The summed E-state index contributed by atoms with van der Waals surface area (Å²) >= 11 is 0. The van der Waals surface area contributed by atoms with Gasteiger partial charge in [0, 0.05) is 25.4 Å². The minimum Gasteiger partial charge on any atom is -0.469 e. The van der Waals surface area contributed by atoms with Crippen LogP contribution < -0.4 is 0 Å². The lowest BCUT2D eigenvalue weighted by Gasteiger charge is -2.22. The number of hydrogen-bond acceptors (Lipinski definition) is 3. The zero-order valence-electron chi connectivity index (χ0n) is 8.60. The van der Waals surface area contributed by atoms with Crippen molar-refractivity contribution in [1.82, 2.24) is 4.90 Å². The van der Waals surface area contributed by atoms with Crippen molar-refractivity contribution in [2.45, 2.75) is 25.8 Å². The van der Waals surface area contributed by atoms with E-state index in [1.165, 1.54) is 0 Å². The topological polar surface area (TPSA) is 50.5 Å². The Morgan fingerprint density at radius 1 is 1.53 bits per heavy atom. The molecule has 0 aliphatic carbocycles. The number of carbonyl (C=O) groups excluding carboxylic acids is 2. The van der Waals surface area contributed by atoms with Gasteiger partial charge in [-0.2, -0.15) is 0 Å². The maximum atomic E-state index is 11.4. The SMILES string of the molecule is CC(Cc1ccco1)N1CCC(=O)C1=O. The predicted octanol–water partition coefficient (Wildman–Crippen LogP) is 1.01. The second-order valence-corrected chi connectivity index (χ2v) is 3.80. The van der Waals surface area contributed by atoms with E-state index in [0.29, 0.717) is 19.4 Å². The summed E-state index contributed by atoms with van der Waals surface area (Å²) in [6.45, 7) is 2.47. The van der Waals surface area contributed by atoms with Crippen LogP contribution in [0.2, 0.25) is 0 Å². The fraction of sp³-hybridized carbons (Fsp3) is 0.455. The molecule has 4 heteroatoms. The Kier molecular flexibility index (Phi) is 2.58. The molecule has 0 spiro atoms. The zero-order valence-corrected chi connectivity index (χ0v) is 8.60. The van der Waals surface area contributed by atoms with Crippen molar-refractivity contribution in [1.29, 1.82) is 0 Å². The van der Waals surface area contributed by atoms with Gasteiger partial charge in [-0.3, -0.25) is 9.59 Å². The molecule has 2 heterocycles. The van der Waals surface area contributed by atoms with E-state index >= 15 is 0 Å². The first-order valence-electron chi connectivity index (χ1n) is 5.04. The van der Waals surface area contributed by atoms with Crippen LogP contribution in [-0.4, -0.2) is 29.2 Å². The number of hydrogen-bond donors (Lipinski definition) is 0. The van der Waals surface area contributed by atoms with Crippen LogP contribution >= 0.6 is 0 Å². The van der Waals surface area contributed by atoms with E-state index in [4.69, 9.17) is 4.42 Å². The zero-order chi connectivity index (χ0) is 10.8. The van der Waals surface area contributed by atoms with E-state index < -0.39 is 0 Å². The molecule has 1 atom stereocenters. The summed E-state index contributed by atoms with van der Waals surface area (Å²) < 4.78 is 5.20. The molecule has 0 saturated carbocycles. The number of rotatable bonds is 3. The fourth-order valence-corrected chi connectivity index (χ4v) is 1.84. The summed E-state index contributed by atoms with van der Waals surface area (Å²) in [6, 6.07) is 3.72. The Labute approximate surface area is 87.9 Å². The Morgan fingerprint density at radius 2 is 2.33 bits per heavy atom. The molecule has 1 saturated heterocycles. The van der Waals surface area contributed by atoms with Crippen LogP contribution in [0.4, 0.5) is 0 Å². The molecule has 4 nitrogen and oxygen atoms in total. The third-order valence-electron chi connectivity index (χ3n) is 2.69. The van der Waals surface area contributed by atoms with Crippen molar-refractivity contribution >= 4 is 11.7 Å². The summed E-state index contributed by atoms with van der Waals surface area (Å²) in [7, 11) is 0. The number of nitrogens with zero attached hydrogens (tertiary/aromatic N) is 1. The summed E-state index contributed by atoms with van der Waals surface area (Å²) in [4.78, 5) is 24.1. The van der Waals surface area contributed by atoms with E-state index in [1.54, 1.807) is 11.2 Å². The molecule has 0 N–H and O–H groups in total. The molecule has 0 aromatic carbocycles. The molecule has 1 aliphatic rings. The molecule has 2 rings (SSSR count). The largest absolute Gasteiger partial charge is 0.469 e. The molecule has 0 bridgehead atoms. The number of carbonyl (C=O) groups is 2. The third kappa shape index (κ3) is 1.93. The van der Waals surface area contributed by atoms with Crippen LogP contribution in [0.1, 0.15) is 19.1 Å². The number of likely N-dealkylation sites (tertiary alicyclic amines) is 1. The minimum atomic E-state index is -0.353. The second kappa shape index (κ2) is 3.88. The maximum absolute atomic E-state index is 11.4. The van der Waals surface area contributed by atoms with Crippen LogP contribution in [0, 0.1) is 0 Å². The van der Waals surface area contributed by atoms with Gasteiger partial charge in [0.25, 0.3) is 5.91 Å². The summed E-state index contributed by atoms with van der Waals surface area (Å²) in [5.74, 6) is 0.213. The smallest absolute Gasteiger partial charge is 0.290 e. The van der Waals surface area contributed by atoms with E-state index in [-0.39, 0.29) is 17.7 Å². The van der Waals surface area contributed by atoms with E-state index in [2.05, 4.69) is 0 Å². The normalized spacial score (nSPS) is 18.6. The van der Waals surface area contributed by atoms with Gasteiger partial charge in [0.05, 0.1) is 6.26 Å². The van der Waals surface area contributed by atoms with Gasteiger partial charge in [-0.05, 0) is 19.1 Å². The number of Topliss-reactive ketones (excluding diaryl/α,β-unsaturated/α-hetero) is 1. The Hall–Kier alpha value is -1.58. The molecule has 1 aromatic rings. The van der Waals surface area contributed by atoms with Gasteiger partial charge in [0.1, 0.15) is 5.76 Å². The molecular weight excluding hydrogens is 194 g/mol. The first kappa shape index (κ1) is 9.96. The Morgan fingerprint density at radius 3 is 2.87 bits per heavy atom. The second-order valence-electron chi connectivity index (χ2n) is 3.80. The first-order chi connectivity index (χ1) is 7.18. The van der Waals surface area contributed by atoms with Gasteiger partial charge in [-0.25, -0.2) is 0 Å². The van der Waals surface area contributed by atoms with E-state index in [9.17, 15) is 9.59 Å². The molecule has 1 aromatic heterocycles. The van der Waals surface area contributed by atoms with Gasteiger partial charge in [-0.15, -0.1) is 0 Å². The lowest BCUT2D eigenvalue weighted by Crippen LogP contribution is -2.37. The highest BCUT2D eigenvalue weighted by Gasteiger charge is 2.32. The van der Waals surface area contributed by atoms with E-state index in [1.807, 2.05) is 19.1 Å². The average Bonchev–Trinajstić information content (AvgIpc) is 2.79. The fourth-order valence-electron chi connectivity index (χ4n) is 1.84. The maximum Gasteiger partial charge on any atom is 0.290 e. The summed E-state index contributed by atoms with van der Waals surface area (Å²) in [5.41, 5.74) is 0. The van der Waals surface area contributed by atoms with E-state index in [0.717, 1.165) is 5.76 Å². The van der Waals surface area contributed by atoms with Crippen LogP contribution in [0.25, 0.3) is 0 Å². The Balaban J connectivity index is 2.00. The lowest BCUT2D eigenvalue weighted by atomic mass is 10.2. The minimum absolute atomic E-state index is 0.0232. The molecule has 1 amide bonds. The molecule has 15 heavy (non-hydrogen) atoms. The highest BCUT2D eigenvalue weighted by atomic mass is 16.3. The van der Waals surface area contributed by atoms with Crippen LogP contribution in [0.3, 0.4) is 0 Å². The number of furan rings is 1. The van der Waals surface area contributed by atoms with Crippen LogP contribution in [0.15, 0.2) is 22.8 Å². The quantitative estimate of drug-likeness (QED) is 0.695. The number of ketones is 1.